The van der Waals surface area contributed by atoms with Crippen LogP contribution in [0.2, 0.25) is 0 Å². The van der Waals surface area contributed by atoms with Crippen LogP contribution in [0.25, 0.3) is 0 Å². The van der Waals surface area contributed by atoms with Gasteiger partial charge >= 0.3 is 0 Å². The molecule has 39 heavy (non-hydrogen) atoms. The average molecular weight is 537 g/mol. The highest BCUT2D eigenvalue weighted by molar-refractivity contribution is 5.61. The number of methoxy groups -OCH3 is 1. The minimum atomic E-state index is -0.202. The van der Waals surface area contributed by atoms with Crippen LogP contribution in [0.5, 0.6) is 5.75 Å². The van der Waals surface area contributed by atoms with E-state index >= 15 is 0 Å². The molecule has 1 saturated carbocycles. The molecule has 0 unspecified atom stereocenters. The molecule has 2 heterocycles. The summed E-state index contributed by atoms with van der Waals surface area (Å²) in [4.78, 5) is 6.53. The smallest absolute Gasteiger partial charge is 0.142 e. The molecule has 0 N–H and O–H groups in total. The van der Waals surface area contributed by atoms with Gasteiger partial charge in [-0.25, -0.2) is 14.1 Å². The molecule has 3 aromatic rings. The number of benzene rings is 2. The van der Waals surface area contributed by atoms with Crippen molar-refractivity contribution in [2.45, 2.75) is 70.1 Å². The van der Waals surface area contributed by atoms with Crippen molar-refractivity contribution in [2.24, 2.45) is 5.92 Å². The van der Waals surface area contributed by atoms with Crippen LogP contribution in [0.3, 0.4) is 0 Å². The fourth-order valence-electron chi connectivity index (χ4n) is 6.20. The molecule has 0 saturated heterocycles. The van der Waals surface area contributed by atoms with Gasteiger partial charge in [0.05, 0.1) is 31.0 Å². The molecule has 1 fully saturated rings. The maximum absolute atomic E-state index is 13.8. The van der Waals surface area contributed by atoms with Crippen molar-refractivity contribution in [3.8, 4) is 5.75 Å². The third-order valence-corrected chi connectivity index (χ3v) is 8.30. The molecular formula is C31H41FN4O3. The number of anilines is 1. The Balaban J connectivity index is 1.27. The lowest BCUT2D eigenvalue weighted by Gasteiger charge is -2.38. The van der Waals surface area contributed by atoms with E-state index in [9.17, 15) is 4.39 Å². The van der Waals surface area contributed by atoms with Gasteiger partial charge in [-0.2, -0.15) is 5.10 Å². The molecule has 5 rings (SSSR count). The summed E-state index contributed by atoms with van der Waals surface area (Å²) in [5.74, 6) is 1.51. The molecule has 0 spiro atoms. The first-order chi connectivity index (χ1) is 19.1. The lowest BCUT2D eigenvalue weighted by molar-refractivity contribution is -0.0109. The summed E-state index contributed by atoms with van der Waals surface area (Å²) in [5, 5.41) is 4.39. The zero-order valence-electron chi connectivity index (χ0n) is 23.2. The van der Waals surface area contributed by atoms with Crippen LogP contribution < -0.4 is 9.64 Å². The summed E-state index contributed by atoms with van der Waals surface area (Å²) in [7, 11) is 1.74. The number of hydrogen-bond acceptors (Lipinski definition) is 6. The maximum atomic E-state index is 13.8. The van der Waals surface area contributed by atoms with E-state index in [1.54, 1.807) is 25.6 Å². The standard InChI is InChI=1S/C31H41FN4O3/c1-3-27(36-22-33-21-34-36)17-23-5-11-30(28(18-23)25-7-9-26(32)10-8-25)39-20-24-6-12-31-29(19-24)35(14-16-38-31)13-4-15-37-2/h6-10,12,19,21-23,27-28,30H,3-5,11,13-18,20H2,1-2H3/t23-,27+,28+,30-/m0/s1. The summed E-state index contributed by atoms with van der Waals surface area (Å²) < 4.78 is 33.6. The Hall–Kier alpha value is -2.97. The predicted octanol–water partition coefficient (Wildman–Crippen LogP) is 6.16. The Morgan fingerprint density at radius 2 is 2.03 bits per heavy atom. The highest BCUT2D eigenvalue weighted by Gasteiger charge is 2.34. The molecule has 2 aromatic carbocycles. The molecule has 210 valence electrons. The van der Waals surface area contributed by atoms with Gasteiger partial charge in [0.15, 0.2) is 0 Å². The van der Waals surface area contributed by atoms with Gasteiger partial charge in [-0.1, -0.05) is 25.1 Å². The second-order valence-corrected chi connectivity index (χ2v) is 10.8. The minimum Gasteiger partial charge on any atom is -0.490 e. The predicted molar refractivity (Wildman–Crippen MR) is 150 cm³/mol. The SMILES string of the molecule is CC[C@H](C[C@@H]1CC[C@H](OCc2ccc3c(c2)N(CCCOC)CCO3)[C@@H](c2ccc(F)cc2)C1)n1cncn1. The Bertz CT molecular complexity index is 1160. The summed E-state index contributed by atoms with van der Waals surface area (Å²) >= 11 is 0. The Morgan fingerprint density at radius 3 is 2.79 bits per heavy atom. The van der Waals surface area contributed by atoms with E-state index in [1.807, 2.05) is 23.1 Å². The number of ether oxygens (including phenoxy) is 3. The molecule has 0 amide bonds. The first-order valence-corrected chi connectivity index (χ1v) is 14.3. The second-order valence-electron chi connectivity index (χ2n) is 10.8. The maximum Gasteiger partial charge on any atom is 0.142 e. The van der Waals surface area contributed by atoms with Gasteiger partial charge in [-0.15, -0.1) is 0 Å². The molecule has 2 aliphatic rings. The van der Waals surface area contributed by atoms with Crippen LogP contribution in [0.1, 0.15) is 68.5 Å². The number of aromatic nitrogens is 3. The molecule has 0 bridgehead atoms. The number of rotatable bonds is 12. The number of halogens is 1. The average Bonchev–Trinajstić information content (AvgIpc) is 3.51. The lowest BCUT2D eigenvalue weighted by Crippen LogP contribution is -2.34. The summed E-state index contributed by atoms with van der Waals surface area (Å²) in [5.41, 5.74) is 3.44. The van der Waals surface area contributed by atoms with E-state index in [0.29, 0.717) is 25.2 Å². The zero-order valence-corrected chi connectivity index (χ0v) is 23.2. The van der Waals surface area contributed by atoms with Crippen LogP contribution in [-0.4, -0.2) is 54.3 Å². The van der Waals surface area contributed by atoms with E-state index in [2.05, 4.69) is 40.1 Å². The summed E-state index contributed by atoms with van der Waals surface area (Å²) in [6, 6.07) is 13.7. The molecular weight excluding hydrogens is 495 g/mol. The molecule has 1 aliphatic heterocycles. The van der Waals surface area contributed by atoms with E-state index in [0.717, 1.165) is 80.8 Å². The van der Waals surface area contributed by atoms with E-state index in [4.69, 9.17) is 14.2 Å². The first-order valence-electron chi connectivity index (χ1n) is 14.3. The number of nitrogens with zero attached hydrogens (tertiary/aromatic N) is 4. The monoisotopic (exact) mass is 536 g/mol. The zero-order chi connectivity index (χ0) is 27.0. The fraction of sp³-hybridized carbons (Fsp3) is 0.548. The van der Waals surface area contributed by atoms with E-state index < -0.39 is 0 Å². The number of hydrogen-bond donors (Lipinski definition) is 0. The van der Waals surface area contributed by atoms with Gasteiger partial charge in [0.2, 0.25) is 0 Å². The van der Waals surface area contributed by atoms with Gasteiger partial charge < -0.3 is 19.1 Å². The summed E-state index contributed by atoms with van der Waals surface area (Å²) in [6.07, 6.45) is 9.70. The van der Waals surface area contributed by atoms with Gasteiger partial charge in [0.25, 0.3) is 0 Å². The van der Waals surface area contributed by atoms with E-state index in [-0.39, 0.29) is 17.8 Å². The largest absolute Gasteiger partial charge is 0.490 e. The van der Waals surface area contributed by atoms with Crippen LogP contribution >= 0.6 is 0 Å². The van der Waals surface area contributed by atoms with Crippen molar-refractivity contribution in [1.82, 2.24) is 14.8 Å². The first kappa shape index (κ1) is 27.6. The van der Waals surface area contributed by atoms with Crippen molar-refractivity contribution in [1.29, 1.82) is 0 Å². The van der Waals surface area contributed by atoms with Crippen molar-refractivity contribution in [3.05, 3.63) is 72.1 Å². The third-order valence-electron chi connectivity index (χ3n) is 8.30. The van der Waals surface area contributed by atoms with Crippen molar-refractivity contribution in [3.63, 3.8) is 0 Å². The van der Waals surface area contributed by atoms with Crippen LogP contribution in [0, 0.1) is 11.7 Å². The quantitative estimate of drug-likeness (QED) is 0.258. The summed E-state index contributed by atoms with van der Waals surface area (Å²) in [6.45, 7) is 6.03. The van der Waals surface area contributed by atoms with Crippen LogP contribution in [0.15, 0.2) is 55.1 Å². The van der Waals surface area contributed by atoms with Crippen LogP contribution in [-0.2, 0) is 16.1 Å². The van der Waals surface area contributed by atoms with Gasteiger partial charge in [0, 0.05) is 26.2 Å². The van der Waals surface area contributed by atoms with Gasteiger partial charge in [0.1, 0.15) is 30.8 Å². The molecule has 0 radical (unpaired) electrons. The fourth-order valence-corrected chi connectivity index (χ4v) is 6.20. The van der Waals surface area contributed by atoms with Gasteiger partial charge in [-0.05, 0) is 79.8 Å². The molecule has 8 heteroatoms. The lowest BCUT2D eigenvalue weighted by atomic mass is 9.74. The normalized spacial score (nSPS) is 21.8. The van der Waals surface area contributed by atoms with Crippen molar-refractivity contribution < 1.29 is 18.6 Å². The molecule has 7 nitrogen and oxygen atoms in total. The van der Waals surface area contributed by atoms with E-state index in [1.165, 1.54) is 0 Å². The highest BCUT2D eigenvalue weighted by Crippen LogP contribution is 2.42. The Labute approximate surface area is 231 Å². The third kappa shape index (κ3) is 6.97. The Morgan fingerprint density at radius 1 is 1.15 bits per heavy atom. The van der Waals surface area contributed by atoms with Crippen molar-refractivity contribution >= 4 is 5.69 Å². The topological polar surface area (TPSA) is 61.6 Å². The molecule has 1 aromatic heterocycles. The van der Waals surface area contributed by atoms with Crippen molar-refractivity contribution in [2.75, 3.05) is 38.3 Å². The van der Waals surface area contributed by atoms with Crippen LogP contribution in [0.4, 0.5) is 10.1 Å². The minimum absolute atomic E-state index is 0.0863. The highest BCUT2D eigenvalue weighted by atomic mass is 19.1. The second kappa shape index (κ2) is 13.4. The Kier molecular flexibility index (Phi) is 9.48. The van der Waals surface area contributed by atoms with Gasteiger partial charge in [-0.3, -0.25) is 0 Å². The molecule has 1 aliphatic carbocycles. The number of fused-ring (bicyclic) bond motifs is 1. The molecule has 4 atom stereocenters.